The molecule has 4 nitrogen and oxygen atoms in total. The van der Waals surface area contributed by atoms with Crippen molar-refractivity contribution in [1.82, 2.24) is 10.4 Å². The minimum atomic E-state index is -0.0562. The van der Waals surface area contributed by atoms with Crippen LogP contribution in [0.15, 0.2) is 24.3 Å². The van der Waals surface area contributed by atoms with E-state index in [1.165, 1.54) is 5.56 Å². The van der Waals surface area contributed by atoms with Gasteiger partial charge in [0.05, 0.1) is 0 Å². The van der Waals surface area contributed by atoms with Gasteiger partial charge in [-0.2, -0.15) is 0 Å². The van der Waals surface area contributed by atoms with Crippen LogP contribution in [0.1, 0.15) is 32.8 Å². The maximum atomic E-state index is 12.1. The van der Waals surface area contributed by atoms with Crippen LogP contribution in [0.5, 0.6) is 5.75 Å². The Morgan fingerprint density at radius 1 is 1.35 bits per heavy atom. The molecule has 0 bridgehead atoms. The average Bonchev–Trinajstić information content (AvgIpc) is 2.48. The maximum Gasteiger partial charge on any atom is 0.221 e. The van der Waals surface area contributed by atoms with Gasteiger partial charge in [0, 0.05) is 23.8 Å². The van der Waals surface area contributed by atoms with Crippen molar-refractivity contribution < 1.29 is 9.53 Å². The van der Waals surface area contributed by atoms with Gasteiger partial charge in [-0.1, -0.05) is 30.0 Å². The van der Waals surface area contributed by atoms with Crippen molar-refractivity contribution in [3.8, 4) is 5.75 Å². The van der Waals surface area contributed by atoms with E-state index in [-0.39, 0.29) is 16.7 Å². The standard InChI is InChI=1S/C16H28N2O2P2S/c1-12(18-15(19)11-16(2,3)23-22)10-13-4-6-14(7-5-13)20-9-8-17-21/h4-7,12,17H,8-11,21-22H2,1-3H3,(H,18,19). The van der Waals surface area contributed by atoms with E-state index in [9.17, 15) is 4.79 Å². The van der Waals surface area contributed by atoms with Gasteiger partial charge in [0.1, 0.15) is 12.4 Å². The number of carbonyl (C=O) groups excluding carboxylic acids is 1. The molecule has 3 unspecified atom stereocenters. The third-order valence-electron chi connectivity index (χ3n) is 3.29. The molecule has 0 aliphatic carbocycles. The number of rotatable bonds is 10. The minimum Gasteiger partial charge on any atom is -0.492 e. The monoisotopic (exact) mass is 374 g/mol. The molecule has 0 aromatic heterocycles. The van der Waals surface area contributed by atoms with Crippen molar-refractivity contribution in [3.05, 3.63) is 29.8 Å². The zero-order valence-electron chi connectivity index (χ0n) is 14.1. The van der Waals surface area contributed by atoms with Crippen LogP contribution in [0, 0.1) is 0 Å². The molecule has 1 rings (SSSR count). The highest BCUT2D eigenvalue weighted by molar-refractivity contribution is 8.44. The van der Waals surface area contributed by atoms with Crippen molar-refractivity contribution in [3.63, 3.8) is 0 Å². The van der Waals surface area contributed by atoms with E-state index in [0.717, 1.165) is 18.7 Å². The number of benzene rings is 1. The SMILES string of the molecule is CC(Cc1ccc(OCCNP)cc1)NC(=O)CC(C)(C)SP. The lowest BCUT2D eigenvalue weighted by Crippen LogP contribution is -2.37. The Labute approximate surface area is 148 Å². The number of carbonyl (C=O) groups is 1. The number of amides is 1. The van der Waals surface area contributed by atoms with E-state index in [1.807, 2.05) is 19.1 Å². The summed E-state index contributed by atoms with van der Waals surface area (Å²) in [6.07, 6.45) is 1.33. The Kier molecular flexibility index (Phi) is 9.46. The molecule has 0 spiro atoms. The molecule has 7 heteroatoms. The normalized spacial score (nSPS) is 12.7. The molecule has 0 fully saturated rings. The van der Waals surface area contributed by atoms with Crippen molar-refractivity contribution in [2.45, 2.75) is 44.4 Å². The van der Waals surface area contributed by atoms with Crippen LogP contribution in [0.4, 0.5) is 0 Å². The molecule has 0 aliphatic heterocycles. The van der Waals surface area contributed by atoms with Crippen LogP contribution in [0.3, 0.4) is 0 Å². The predicted molar refractivity (Wildman–Crippen MR) is 107 cm³/mol. The van der Waals surface area contributed by atoms with Crippen LogP contribution < -0.4 is 15.1 Å². The van der Waals surface area contributed by atoms with Crippen LogP contribution in [-0.2, 0) is 11.2 Å². The van der Waals surface area contributed by atoms with Gasteiger partial charge in [0.25, 0.3) is 0 Å². The first-order valence-corrected chi connectivity index (χ1v) is 10.6. The smallest absolute Gasteiger partial charge is 0.221 e. The van der Waals surface area contributed by atoms with Gasteiger partial charge in [-0.15, -0.1) is 11.4 Å². The van der Waals surface area contributed by atoms with E-state index >= 15 is 0 Å². The molecule has 3 atom stereocenters. The van der Waals surface area contributed by atoms with E-state index < -0.39 is 0 Å². The number of hydrogen-bond donors (Lipinski definition) is 2. The summed E-state index contributed by atoms with van der Waals surface area (Å²) in [5.74, 6) is 0.965. The molecule has 0 saturated heterocycles. The summed E-state index contributed by atoms with van der Waals surface area (Å²) in [7, 11) is 5.08. The van der Waals surface area contributed by atoms with Gasteiger partial charge in [-0.05, 0) is 44.9 Å². The average molecular weight is 374 g/mol. The first kappa shape index (κ1) is 20.7. The molecule has 0 saturated carbocycles. The summed E-state index contributed by atoms with van der Waals surface area (Å²) in [4.78, 5) is 12.1. The van der Waals surface area contributed by atoms with Crippen LogP contribution in [0.25, 0.3) is 0 Å². The zero-order chi connectivity index (χ0) is 17.3. The topological polar surface area (TPSA) is 50.4 Å². The van der Waals surface area contributed by atoms with Crippen molar-refractivity contribution in [2.24, 2.45) is 0 Å². The molecule has 0 radical (unpaired) electrons. The third-order valence-corrected chi connectivity index (χ3v) is 6.28. The second-order valence-corrected chi connectivity index (χ2v) is 8.63. The molecule has 0 heterocycles. The quantitative estimate of drug-likeness (QED) is 0.488. The Morgan fingerprint density at radius 2 is 2.00 bits per heavy atom. The van der Waals surface area contributed by atoms with Crippen LogP contribution >= 0.6 is 29.2 Å². The fourth-order valence-electron chi connectivity index (χ4n) is 2.11. The summed E-state index contributed by atoms with van der Waals surface area (Å²) in [5, 5.41) is 6.03. The van der Waals surface area contributed by atoms with Crippen LogP contribution in [-0.4, -0.2) is 29.8 Å². The van der Waals surface area contributed by atoms with E-state index in [1.54, 1.807) is 11.4 Å². The van der Waals surface area contributed by atoms with Crippen molar-refractivity contribution in [2.75, 3.05) is 13.2 Å². The summed E-state index contributed by atoms with van der Waals surface area (Å²) in [6.45, 7) is 7.60. The molecule has 130 valence electrons. The Hall–Kier alpha value is -0.340. The lowest BCUT2D eigenvalue weighted by Gasteiger charge is -2.22. The Morgan fingerprint density at radius 3 is 2.57 bits per heavy atom. The Balaban J connectivity index is 2.41. The van der Waals surface area contributed by atoms with E-state index in [0.29, 0.717) is 13.0 Å². The fourth-order valence-corrected chi connectivity index (χ4v) is 2.69. The molecule has 1 amide bonds. The lowest BCUT2D eigenvalue weighted by molar-refractivity contribution is -0.122. The fraction of sp³-hybridized carbons (Fsp3) is 0.562. The van der Waals surface area contributed by atoms with E-state index in [2.05, 4.69) is 54.2 Å². The number of nitrogens with one attached hydrogen (secondary N) is 2. The molecular formula is C16H28N2O2P2S. The van der Waals surface area contributed by atoms with Crippen LogP contribution in [0.2, 0.25) is 0 Å². The molecule has 0 aliphatic rings. The number of ether oxygens (including phenoxy) is 1. The predicted octanol–water partition coefficient (Wildman–Crippen LogP) is 3.18. The van der Waals surface area contributed by atoms with Crippen molar-refractivity contribution in [1.29, 1.82) is 0 Å². The largest absolute Gasteiger partial charge is 0.492 e. The van der Waals surface area contributed by atoms with Gasteiger partial charge < -0.3 is 10.1 Å². The van der Waals surface area contributed by atoms with Gasteiger partial charge >= 0.3 is 0 Å². The Bertz CT molecular complexity index is 483. The van der Waals surface area contributed by atoms with Crippen molar-refractivity contribution >= 4 is 35.1 Å². The molecule has 2 N–H and O–H groups in total. The summed E-state index contributed by atoms with van der Waals surface area (Å²) >= 11 is 1.63. The van der Waals surface area contributed by atoms with E-state index in [4.69, 9.17) is 4.74 Å². The lowest BCUT2D eigenvalue weighted by atomic mass is 10.1. The highest BCUT2D eigenvalue weighted by atomic mass is 32.7. The van der Waals surface area contributed by atoms with Gasteiger partial charge in [-0.3, -0.25) is 9.88 Å². The second-order valence-electron chi connectivity index (χ2n) is 6.17. The molecule has 1 aromatic rings. The summed E-state index contributed by atoms with van der Waals surface area (Å²) in [5.41, 5.74) is 1.19. The van der Waals surface area contributed by atoms with Gasteiger partial charge in [0.15, 0.2) is 0 Å². The second kappa shape index (κ2) is 10.5. The van der Waals surface area contributed by atoms with Gasteiger partial charge in [-0.25, -0.2) is 0 Å². The summed E-state index contributed by atoms with van der Waals surface area (Å²) in [6, 6.07) is 8.16. The highest BCUT2D eigenvalue weighted by Gasteiger charge is 2.21. The molecule has 23 heavy (non-hydrogen) atoms. The minimum absolute atomic E-state index is 0.0562. The summed E-state index contributed by atoms with van der Waals surface area (Å²) < 4.78 is 5.53. The first-order valence-electron chi connectivity index (χ1n) is 7.69. The first-order chi connectivity index (χ1) is 10.9. The van der Waals surface area contributed by atoms with Gasteiger partial charge in [0.2, 0.25) is 5.91 Å². The highest BCUT2D eigenvalue weighted by Crippen LogP contribution is 2.33. The number of hydrogen-bond acceptors (Lipinski definition) is 4. The maximum absolute atomic E-state index is 12.1. The zero-order valence-corrected chi connectivity index (χ0v) is 17.2. The third kappa shape index (κ3) is 8.91. The molecular weight excluding hydrogens is 346 g/mol. The molecule has 1 aromatic carbocycles.